The Kier molecular flexibility index (Phi) is 2.90. The van der Waals surface area contributed by atoms with Gasteiger partial charge in [0, 0.05) is 17.8 Å². The molecule has 19 heavy (non-hydrogen) atoms. The fourth-order valence-corrected chi connectivity index (χ4v) is 1.93. The number of pyridine rings is 2. The van der Waals surface area contributed by atoms with E-state index >= 15 is 0 Å². The summed E-state index contributed by atoms with van der Waals surface area (Å²) in [6, 6.07) is 15.0. The Morgan fingerprint density at radius 3 is 2.68 bits per heavy atom. The van der Waals surface area contributed by atoms with Gasteiger partial charge in [-0.2, -0.15) is 0 Å². The lowest BCUT2D eigenvalue weighted by atomic mass is 10.1. The summed E-state index contributed by atoms with van der Waals surface area (Å²) in [6.07, 6.45) is 1.66. The molecule has 0 saturated heterocycles. The zero-order valence-corrected chi connectivity index (χ0v) is 9.98. The summed E-state index contributed by atoms with van der Waals surface area (Å²) in [5.41, 5.74) is 2.23. The topological polar surface area (TPSA) is 52.1 Å². The van der Waals surface area contributed by atoms with Gasteiger partial charge < -0.3 is 4.74 Å². The van der Waals surface area contributed by atoms with Crippen molar-refractivity contribution in [2.45, 2.75) is 0 Å². The molecule has 4 nitrogen and oxygen atoms in total. The molecule has 0 spiro atoms. The Morgan fingerprint density at radius 1 is 1.05 bits per heavy atom. The second-order valence-corrected chi connectivity index (χ2v) is 3.96. The molecule has 0 saturated carbocycles. The zero-order valence-electron chi connectivity index (χ0n) is 9.98. The zero-order chi connectivity index (χ0) is 13.1. The van der Waals surface area contributed by atoms with Gasteiger partial charge in [-0.25, -0.2) is 9.97 Å². The lowest BCUT2D eigenvalue weighted by molar-refractivity contribution is -0.120. The van der Waals surface area contributed by atoms with Crippen LogP contribution in [-0.4, -0.2) is 16.4 Å². The molecule has 2 heterocycles. The van der Waals surface area contributed by atoms with Crippen LogP contribution < -0.4 is 4.74 Å². The summed E-state index contributed by atoms with van der Waals surface area (Å²) < 4.78 is 5.02. The van der Waals surface area contributed by atoms with E-state index in [0.29, 0.717) is 23.3 Å². The van der Waals surface area contributed by atoms with Crippen LogP contribution in [0.5, 0.6) is 5.75 Å². The number of fused-ring (bicyclic) bond motifs is 1. The monoisotopic (exact) mass is 250 g/mol. The molecule has 92 valence electrons. The van der Waals surface area contributed by atoms with Crippen molar-refractivity contribution >= 4 is 17.5 Å². The molecule has 0 aliphatic carbocycles. The van der Waals surface area contributed by atoms with Gasteiger partial charge in [0.15, 0.2) is 5.65 Å². The van der Waals surface area contributed by atoms with E-state index in [2.05, 4.69) is 9.97 Å². The van der Waals surface area contributed by atoms with Gasteiger partial charge in [-0.05, 0) is 12.1 Å². The van der Waals surface area contributed by atoms with Gasteiger partial charge in [-0.1, -0.05) is 30.3 Å². The number of carbonyl (C=O) groups is 1. The predicted molar refractivity (Wildman–Crippen MR) is 71.7 cm³/mol. The first-order valence-corrected chi connectivity index (χ1v) is 5.80. The van der Waals surface area contributed by atoms with Crippen LogP contribution in [0, 0.1) is 0 Å². The Morgan fingerprint density at radius 2 is 1.89 bits per heavy atom. The van der Waals surface area contributed by atoms with Crippen LogP contribution in [0.1, 0.15) is 0 Å². The highest BCUT2D eigenvalue weighted by Gasteiger charge is 2.08. The fourth-order valence-electron chi connectivity index (χ4n) is 1.93. The molecule has 0 aliphatic heterocycles. The largest absolute Gasteiger partial charge is 0.428 e. The molecule has 0 aliphatic rings. The van der Waals surface area contributed by atoms with Gasteiger partial charge in [0.05, 0.1) is 11.1 Å². The average Bonchev–Trinajstić information content (AvgIpc) is 2.48. The van der Waals surface area contributed by atoms with Crippen LogP contribution in [0.15, 0.2) is 54.7 Å². The molecular weight excluding hydrogens is 240 g/mol. The molecule has 0 N–H and O–H groups in total. The Labute approximate surface area is 109 Å². The maximum Gasteiger partial charge on any atom is 0.298 e. The van der Waals surface area contributed by atoms with E-state index in [4.69, 9.17) is 4.74 Å². The second kappa shape index (κ2) is 4.86. The minimum Gasteiger partial charge on any atom is -0.428 e. The minimum absolute atomic E-state index is 0.413. The maximum absolute atomic E-state index is 10.6. The molecule has 3 rings (SSSR count). The van der Waals surface area contributed by atoms with E-state index in [-0.39, 0.29) is 0 Å². The van der Waals surface area contributed by atoms with Crippen molar-refractivity contribution < 1.29 is 9.53 Å². The van der Waals surface area contributed by atoms with Crippen molar-refractivity contribution in [3.05, 3.63) is 54.7 Å². The lowest BCUT2D eigenvalue weighted by Crippen LogP contribution is -1.94. The first kappa shape index (κ1) is 11.3. The van der Waals surface area contributed by atoms with Crippen molar-refractivity contribution in [3.8, 4) is 17.0 Å². The summed E-state index contributed by atoms with van der Waals surface area (Å²) in [7, 11) is 0. The van der Waals surface area contributed by atoms with Crippen molar-refractivity contribution in [3.63, 3.8) is 0 Å². The Balaban J connectivity index is 2.24. The molecule has 0 fully saturated rings. The van der Waals surface area contributed by atoms with Crippen molar-refractivity contribution in [2.75, 3.05) is 0 Å². The van der Waals surface area contributed by atoms with Crippen LogP contribution in [0.2, 0.25) is 0 Å². The molecule has 0 atom stereocenters. The summed E-state index contributed by atoms with van der Waals surface area (Å²) in [6.45, 7) is 0.413. The minimum atomic E-state index is 0.413. The molecule has 0 bridgehead atoms. The number of carbonyl (C=O) groups excluding carboxylic acids is 1. The number of hydrogen-bond acceptors (Lipinski definition) is 4. The fraction of sp³-hybridized carbons (Fsp3) is 0. The summed E-state index contributed by atoms with van der Waals surface area (Å²) in [5.74, 6) is 0.465. The van der Waals surface area contributed by atoms with Crippen molar-refractivity contribution in [2.24, 2.45) is 0 Å². The van der Waals surface area contributed by atoms with Crippen LogP contribution in [0.25, 0.3) is 22.3 Å². The van der Waals surface area contributed by atoms with E-state index in [1.165, 1.54) is 0 Å². The van der Waals surface area contributed by atoms with Gasteiger partial charge in [0.1, 0.15) is 5.75 Å². The number of benzene rings is 1. The highest BCUT2D eigenvalue weighted by atomic mass is 16.5. The summed E-state index contributed by atoms with van der Waals surface area (Å²) in [4.78, 5) is 19.3. The third kappa shape index (κ3) is 2.15. The molecule has 2 aromatic heterocycles. The van der Waals surface area contributed by atoms with Crippen LogP contribution in [-0.2, 0) is 4.79 Å². The normalized spacial score (nSPS) is 10.3. The molecule has 4 heteroatoms. The second-order valence-electron chi connectivity index (χ2n) is 3.96. The highest BCUT2D eigenvalue weighted by molar-refractivity contribution is 5.86. The summed E-state index contributed by atoms with van der Waals surface area (Å²) >= 11 is 0. The van der Waals surface area contributed by atoms with Gasteiger partial charge in [0.2, 0.25) is 0 Å². The van der Waals surface area contributed by atoms with E-state index in [0.717, 1.165) is 11.3 Å². The quantitative estimate of drug-likeness (QED) is 0.671. The first-order valence-electron chi connectivity index (χ1n) is 5.80. The molecule has 0 amide bonds. The van der Waals surface area contributed by atoms with Crippen molar-refractivity contribution in [1.29, 1.82) is 0 Å². The van der Waals surface area contributed by atoms with Crippen LogP contribution in [0.4, 0.5) is 0 Å². The number of hydrogen-bond donors (Lipinski definition) is 0. The van der Waals surface area contributed by atoms with Gasteiger partial charge in [-0.3, -0.25) is 4.79 Å². The molecule has 1 aromatic carbocycles. The smallest absolute Gasteiger partial charge is 0.298 e. The highest BCUT2D eigenvalue weighted by Crippen LogP contribution is 2.28. The van der Waals surface area contributed by atoms with Gasteiger partial charge in [-0.15, -0.1) is 0 Å². The summed E-state index contributed by atoms with van der Waals surface area (Å²) in [5, 5.41) is 0.717. The van der Waals surface area contributed by atoms with E-state index in [1.807, 2.05) is 36.4 Å². The lowest BCUT2D eigenvalue weighted by Gasteiger charge is -2.07. The van der Waals surface area contributed by atoms with E-state index in [9.17, 15) is 4.79 Å². The third-order valence-electron chi connectivity index (χ3n) is 2.79. The maximum atomic E-state index is 10.6. The Hall–Kier alpha value is -2.75. The molecule has 0 unspecified atom stereocenters. The standard InChI is InChI=1S/C15H10N2O2/c18-10-19-14-9-13(11-5-2-1-3-6-11)17-15-12(14)7-4-8-16-15/h1-10H. The molecule has 3 aromatic rings. The SMILES string of the molecule is O=COc1cc(-c2ccccc2)nc2ncccc12. The predicted octanol–water partition coefficient (Wildman–Crippen LogP) is 2.83. The molecule has 0 radical (unpaired) electrons. The average molecular weight is 250 g/mol. The van der Waals surface area contributed by atoms with Crippen LogP contribution in [0.3, 0.4) is 0 Å². The van der Waals surface area contributed by atoms with E-state index < -0.39 is 0 Å². The Bertz CT molecular complexity index is 727. The van der Waals surface area contributed by atoms with Crippen LogP contribution >= 0.6 is 0 Å². The number of ether oxygens (including phenoxy) is 1. The number of aromatic nitrogens is 2. The van der Waals surface area contributed by atoms with Crippen molar-refractivity contribution in [1.82, 2.24) is 9.97 Å². The van der Waals surface area contributed by atoms with E-state index in [1.54, 1.807) is 18.3 Å². The van der Waals surface area contributed by atoms with Gasteiger partial charge >= 0.3 is 0 Å². The first-order chi connectivity index (χ1) is 9.38. The van der Waals surface area contributed by atoms with Gasteiger partial charge in [0.25, 0.3) is 6.47 Å². The number of rotatable bonds is 3. The number of nitrogens with zero attached hydrogens (tertiary/aromatic N) is 2. The third-order valence-corrected chi connectivity index (χ3v) is 2.79. The molecular formula is C15H10N2O2.